The topological polar surface area (TPSA) is 38.8 Å². The first-order chi connectivity index (χ1) is 9.94. The molecule has 0 bridgehead atoms. The third-order valence-electron chi connectivity index (χ3n) is 3.02. The lowest BCUT2D eigenvalue weighted by molar-refractivity contribution is 0.00769. The van der Waals surface area contributed by atoms with Crippen LogP contribution in [0.5, 0.6) is 0 Å². The number of hydrogen-bond acceptors (Lipinski definition) is 5. The van der Waals surface area contributed by atoms with E-state index in [1.165, 1.54) is 0 Å². The zero-order valence-corrected chi connectivity index (χ0v) is 13.1. The van der Waals surface area contributed by atoms with Crippen LogP contribution in [0, 0.1) is 0 Å². The molecule has 0 aromatic carbocycles. The van der Waals surface area contributed by atoms with Crippen LogP contribution >= 0.6 is 11.3 Å². The first kappa shape index (κ1) is 13.9. The number of allylic oxidation sites excluding steroid dienone is 1. The Hall–Kier alpha value is -2.01. The summed E-state index contributed by atoms with van der Waals surface area (Å²) >= 11 is 1.64. The lowest BCUT2D eigenvalue weighted by Gasteiger charge is -2.29. The highest BCUT2D eigenvalue weighted by Crippen LogP contribution is 2.37. The molecule has 21 heavy (non-hydrogen) atoms. The zero-order chi connectivity index (χ0) is 15.0. The molecule has 1 aromatic heterocycles. The molecule has 0 spiro atoms. The van der Waals surface area contributed by atoms with E-state index in [4.69, 9.17) is 9.47 Å². The number of fused-ring (bicyclic) bond motifs is 3. The maximum absolute atomic E-state index is 11.9. The van der Waals surface area contributed by atoms with Gasteiger partial charge >= 0.3 is 6.16 Å². The molecular weight excluding hydrogens is 286 g/mol. The predicted octanol–water partition coefficient (Wildman–Crippen LogP) is 4.22. The fourth-order valence-electron chi connectivity index (χ4n) is 2.22. The molecule has 5 heteroatoms. The van der Waals surface area contributed by atoms with Gasteiger partial charge in [-0.2, -0.15) is 0 Å². The lowest BCUT2D eigenvalue weighted by Crippen LogP contribution is -2.27. The van der Waals surface area contributed by atoms with Crippen molar-refractivity contribution in [2.75, 3.05) is 6.54 Å². The van der Waals surface area contributed by atoms with Crippen LogP contribution in [0.3, 0.4) is 0 Å². The van der Waals surface area contributed by atoms with Crippen LogP contribution < -0.4 is 0 Å². The van der Waals surface area contributed by atoms with E-state index in [1.54, 1.807) is 11.3 Å². The Bertz CT molecular complexity index is 661. The Morgan fingerprint density at radius 2 is 2.14 bits per heavy atom. The van der Waals surface area contributed by atoms with Crippen LogP contribution in [0.2, 0.25) is 0 Å². The van der Waals surface area contributed by atoms with Gasteiger partial charge in [0.15, 0.2) is 5.76 Å². The molecule has 0 unspecified atom stereocenters. The fraction of sp³-hybridized carbons (Fsp3) is 0.312. The molecule has 3 heterocycles. The van der Waals surface area contributed by atoms with E-state index in [0.29, 0.717) is 5.76 Å². The van der Waals surface area contributed by atoms with Crippen molar-refractivity contribution < 1.29 is 14.3 Å². The quantitative estimate of drug-likeness (QED) is 0.728. The molecule has 0 fully saturated rings. The average molecular weight is 303 g/mol. The summed E-state index contributed by atoms with van der Waals surface area (Å²) in [6, 6.07) is 2.06. The van der Waals surface area contributed by atoms with Gasteiger partial charge in [0, 0.05) is 12.7 Å². The van der Waals surface area contributed by atoms with Gasteiger partial charge in [0.25, 0.3) is 0 Å². The van der Waals surface area contributed by atoms with Gasteiger partial charge < -0.3 is 14.4 Å². The normalized spacial score (nSPS) is 16.6. The molecule has 2 aliphatic heterocycles. The van der Waals surface area contributed by atoms with Crippen molar-refractivity contribution >= 4 is 29.3 Å². The molecule has 110 valence electrons. The van der Waals surface area contributed by atoms with Crippen molar-refractivity contribution in [1.82, 2.24) is 4.90 Å². The minimum atomic E-state index is -0.677. The van der Waals surface area contributed by atoms with Crippen LogP contribution in [0.4, 0.5) is 4.79 Å². The summed E-state index contributed by atoms with van der Waals surface area (Å²) in [7, 11) is 0. The van der Waals surface area contributed by atoms with E-state index in [1.807, 2.05) is 44.5 Å². The van der Waals surface area contributed by atoms with Gasteiger partial charge in [-0.1, -0.05) is 6.08 Å². The highest BCUT2D eigenvalue weighted by atomic mass is 32.1. The van der Waals surface area contributed by atoms with E-state index >= 15 is 0 Å². The molecule has 2 aliphatic rings. The Labute approximate surface area is 128 Å². The zero-order valence-electron chi connectivity index (χ0n) is 12.3. The number of ether oxygens (including phenoxy) is 2. The second-order valence-electron chi connectivity index (χ2n) is 5.85. The SMILES string of the molecule is CC(C)(C)OC(=O)OC1=C2c3sccc3C=CN2CC=C1. The molecule has 0 saturated carbocycles. The molecule has 1 aromatic rings. The summed E-state index contributed by atoms with van der Waals surface area (Å²) < 4.78 is 10.7. The van der Waals surface area contributed by atoms with Crippen LogP contribution in [0.1, 0.15) is 31.2 Å². The fourth-order valence-corrected chi connectivity index (χ4v) is 3.17. The molecule has 3 rings (SSSR count). The van der Waals surface area contributed by atoms with E-state index < -0.39 is 11.8 Å². The largest absolute Gasteiger partial charge is 0.514 e. The summed E-state index contributed by atoms with van der Waals surface area (Å²) in [6.07, 6.45) is 7.19. The second kappa shape index (κ2) is 5.07. The number of hydrogen-bond donors (Lipinski definition) is 0. The van der Waals surface area contributed by atoms with Crippen LogP contribution in [-0.2, 0) is 9.47 Å². The molecule has 0 N–H and O–H groups in total. The van der Waals surface area contributed by atoms with Crippen molar-refractivity contribution in [1.29, 1.82) is 0 Å². The standard InChI is InChI=1S/C16H17NO3S/c1-16(2,3)20-15(18)19-12-5-4-8-17-9-6-11-7-10-21-14(11)13(12)17/h4-7,9-10H,8H2,1-3H3. The second-order valence-corrected chi connectivity index (χ2v) is 6.77. The van der Waals surface area contributed by atoms with Crippen molar-refractivity contribution in [3.05, 3.63) is 46.0 Å². The van der Waals surface area contributed by atoms with E-state index in [-0.39, 0.29) is 0 Å². The Balaban J connectivity index is 1.92. The van der Waals surface area contributed by atoms with Crippen LogP contribution in [-0.4, -0.2) is 23.2 Å². The molecule has 0 amide bonds. The number of nitrogens with zero attached hydrogens (tertiary/aromatic N) is 1. The third kappa shape index (κ3) is 2.88. The number of carbonyl (C=O) groups excluding carboxylic acids is 1. The van der Waals surface area contributed by atoms with Crippen molar-refractivity contribution in [2.24, 2.45) is 0 Å². The summed E-state index contributed by atoms with van der Waals surface area (Å²) in [5.41, 5.74) is 1.50. The number of thiophene rings is 1. The van der Waals surface area contributed by atoms with Crippen molar-refractivity contribution in [2.45, 2.75) is 26.4 Å². The van der Waals surface area contributed by atoms with Gasteiger partial charge in [-0.25, -0.2) is 4.79 Å². The average Bonchev–Trinajstić information content (AvgIpc) is 2.84. The van der Waals surface area contributed by atoms with Crippen molar-refractivity contribution in [3.8, 4) is 0 Å². The van der Waals surface area contributed by atoms with Crippen LogP contribution in [0.25, 0.3) is 11.8 Å². The Kier molecular flexibility index (Phi) is 3.37. The van der Waals surface area contributed by atoms with Gasteiger partial charge in [-0.05, 0) is 49.9 Å². The van der Waals surface area contributed by atoms with Gasteiger partial charge in [-0.15, -0.1) is 11.3 Å². The number of rotatable bonds is 1. The summed E-state index contributed by atoms with van der Waals surface area (Å²) in [5.74, 6) is 0.531. The third-order valence-corrected chi connectivity index (χ3v) is 3.96. The Morgan fingerprint density at radius 1 is 1.33 bits per heavy atom. The first-order valence-electron chi connectivity index (χ1n) is 6.78. The van der Waals surface area contributed by atoms with Crippen molar-refractivity contribution in [3.63, 3.8) is 0 Å². The van der Waals surface area contributed by atoms with Gasteiger partial charge in [-0.3, -0.25) is 0 Å². The molecule has 0 aliphatic carbocycles. The Morgan fingerprint density at radius 3 is 2.90 bits per heavy atom. The molecule has 0 saturated heterocycles. The van der Waals surface area contributed by atoms with E-state index in [9.17, 15) is 4.79 Å². The maximum Gasteiger partial charge on any atom is 0.514 e. The van der Waals surface area contributed by atoms with E-state index in [0.717, 1.165) is 22.7 Å². The maximum atomic E-state index is 11.9. The minimum Gasteiger partial charge on any atom is -0.428 e. The molecule has 0 atom stereocenters. The first-order valence-corrected chi connectivity index (χ1v) is 7.66. The van der Waals surface area contributed by atoms with Crippen LogP contribution in [0.15, 0.2) is 35.6 Å². The highest BCUT2D eigenvalue weighted by Gasteiger charge is 2.27. The number of carbonyl (C=O) groups is 1. The highest BCUT2D eigenvalue weighted by molar-refractivity contribution is 7.11. The lowest BCUT2D eigenvalue weighted by atomic mass is 10.1. The summed E-state index contributed by atoms with van der Waals surface area (Å²) in [5, 5.41) is 2.04. The predicted molar refractivity (Wildman–Crippen MR) is 83.4 cm³/mol. The monoisotopic (exact) mass is 303 g/mol. The smallest absolute Gasteiger partial charge is 0.428 e. The van der Waals surface area contributed by atoms with E-state index in [2.05, 4.69) is 17.0 Å². The summed E-state index contributed by atoms with van der Waals surface area (Å²) in [6.45, 7) is 6.21. The van der Waals surface area contributed by atoms with Gasteiger partial charge in [0.1, 0.15) is 11.3 Å². The molecule has 4 nitrogen and oxygen atoms in total. The molecular formula is C16H17NO3S. The van der Waals surface area contributed by atoms with Gasteiger partial charge in [0.05, 0.1) is 4.88 Å². The molecule has 0 radical (unpaired) electrons. The minimum absolute atomic E-state index is 0.531. The summed E-state index contributed by atoms with van der Waals surface area (Å²) in [4.78, 5) is 15.1. The van der Waals surface area contributed by atoms with Gasteiger partial charge in [0.2, 0.25) is 0 Å².